The molecule has 1 aliphatic heterocycles. The molecule has 2 nitrogen and oxygen atoms in total. The van der Waals surface area contributed by atoms with E-state index in [1.165, 1.54) is 0 Å². The largest absolute Gasteiger partial charge is 0.271 e. The van der Waals surface area contributed by atoms with Gasteiger partial charge in [-0.15, -0.1) is 11.6 Å². The number of thioether (sulfide) groups is 1. The SMILES string of the molecule is CCC1CC12SC(c1ccccc1)=NC(=O)C2Cl. The fraction of sp³-hybridized carbons (Fsp3) is 0.429. The van der Waals surface area contributed by atoms with E-state index in [4.69, 9.17) is 11.6 Å². The number of rotatable bonds is 2. The van der Waals surface area contributed by atoms with E-state index >= 15 is 0 Å². The van der Waals surface area contributed by atoms with Crippen LogP contribution in [-0.4, -0.2) is 21.1 Å². The molecule has 0 bridgehead atoms. The lowest BCUT2D eigenvalue weighted by atomic mass is 10.1. The number of carbonyl (C=O) groups excluding carboxylic acids is 1. The Morgan fingerprint density at radius 3 is 2.78 bits per heavy atom. The van der Waals surface area contributed by atoms with E-state index < -0.39 is 5.38 Å². The lowest BCUT2D eigenvalue weighted by molar-refractivity contribution is -0.117. The van der Waals surface area contributed by atoms with Crippen LogP contribution < -0.4 is 0 Å². The molecule has 0 N–H and O–H groups in total. The van der Waals surface area contributed by atoms with Crippen LogP contribution in [0.3, 0.4) is 0 Å². The predicted molar refractivity (Wildman–Crippen MR) is 76.3 cm³/mol. The van der Waals surface area contributed by atoms with Crippen LogP contribution in [0.4, 0.5) is 0 Å². The minimum Gasteiger partial charge on any atom is -0.271 e. The number of hydrogen-bond acceptors (Lipinski definition) is 2. The second kappa shape index (κ2) is 4.39. The highest BCUT2D eigenvalue weighted by molar-refractivity contribution is 8.16. The second-order valence-electron chi connectivity index (χ2n) is 4.85. The molecule has 0 saturated heterocycles. The number of alkyl halides is 1. The minimum atomic E-state index is -0.458. The highest BCUT2D eigenvalue weighted by Gasteiger charge is 2.62. The van der Waals surface area contributed by atoms with E-state index in [-0.39, 0.29) is 10.7 Å². The fourth-order valence-electron chi connectivity index (χ4n) is 2.58. The van der Waals surface area contributed by atoms with Crippen molar-refractivity contribution in [3.63, 3.8) is 0 Å². The number of aliphatic imine (C=N–C) groups is 1. The van der Waals surface area contributed by atoms with Crippen molar-refractivity contribution in [1.29, 1.82) is 0 Å². The Kier molecular flexibility index (Phi) is 2.99. The Morgan fingerprint density at radius 1 is 1.44 bits per heavy atom. The molecule has 0 aromatic heterocycles. The van der Waals surface area contributed by atoms with Gasteiger partial charge in [0.2, 0.25) is 0 Å². The smallest absolute Gasteiger partial charge is 0.266 e. The van der Waals surface area contributed by atoms with Crippen molar-refractivity contribution < 1.29 is 4.79 Å². The first kappa shape index (κ1) is 12.2. The van der Waals surface area contributed by atoms with Gasteiger partial charge in [-0.05, 0) is 12.3 Å². The summed E-state index contributed by atoms with van der Waals surface area (Å²) < 4.78 is -0.0969. The van der Waals surface area contributed by atoms with Crippen LogP contribution in [0.15, 0.2) is 35.3 Å². The van der Waals surface area contributed by atoms with Crippen molar-refractivity contribution in [1.82, 2.24) is 0 Å². The third kappa shape index (κ3) is 1.81. The molecule has 3 atom stereocenters. The Labute approximate surface area is 116 Å². The van der Waals surface area contributed by atoms with Gasteiger partial charge in [-0.3, -0.25) is 4.79 Å². The molecule has 94 valence electrons. The van der Waals surface area contributed by atoms with Crippen LogP contribution in [0.25, 0.3) is 0 Å². The van der Waals surface area contributed by atoms with Crippen LogP contribution in [-0.2, 0) is 4.79 Å². The molecule has 1 heterocycles. The first-order chi connectivity index (χ1) is 8.67. The van der Waals surface area contributed by atoms with Gasteiger partial charge in [0.05, 0.1) is 4.75 Å². The van der Waals surface area contributed by atoms with Crippen LogP contribution in [0.2, 0.25) is 0 Å². The van der Waals surface area contributed by atoms with Crippen molar-refractivity contribution >= 4 is 34.3 Å². The molecule has 0 radical (unpaired) electrons. The molecule has 1 saturated carbocycles. The number of hydrogen-bond donors (Lipinski definition) is 0. The average molecular weight is 280 g/mol. The first-order valence-corrected chi connectivity index (χ1v) is 7.43. The first-order valence-electron chi connectivity index (χ1n) is 6.18. The Morgan fingerprint density at radius 2 is 2.17 bits per heavy atom. The van der Waals surface area contributed by atoms with Crippen molar-refractivity contribution in [3.05, 3.63) is 35.9 Å². The molecule has 18 heavy (non-hydrogen) atoms. The number of nitrogens with zero attached hydrogens (tertiary/aromatic N) is 1. The van der Waals surface area contributed by atoms with E-state index in [9.17, 15) is 4.79 Å². The van der Waals surface area contributed by atoms with Gasteiger partial charge in [0, 0.05) is 5.56 Å². The third-order valence-electron chi connectivity index (χ3n) is 3.75. The molecule has 1 spiro atoms. The topological polar surface area (TPSA) is 29.4 Å². The number of carbonyl (C=O) groups is 1. The minimum absolute atomic E-state index is 0.0969. The molecular weight excluding hydrogens is 266 g/mol. The van der Waals surface area contributed by atoms with Crippen LogP contribution in [0.1, 0.15) is 25.3 Å². The summed E-state index contributed by atoms with van der Waals surface area (Å²) in [5, 5.41) is 0.369. The van der Waals surface area contributed by atoms with Crippen molar-refractivity contribution in [2.24, 2.45) is 10.9 Å². The monoisotopic (exact) mass is 279 g/mol. The molecule has 3 rings (SSSR count). The second-order valence-corrected chi connectivity index (χ2v) is 6.64. The molecule has 1 aromatic rings. The summed E-state index contributed by atoms with van der Waals surface area (Å²) in [5.74, 6) is 0.369. The van der Waals surface area contributed by atoms with Gasteiger partial charge >= 0.3 is 0 Å². The lowest BCUT2D eigenvalue weighted by Crippen LogP contribution is -2.35. The van der Waals surface area contributed by atoms with E-state index in [0.29, 0.717) is 5.92 Å². The molecule has 4 heteroatoms. The molecule has 2 aliphatic rings. The number of halogens is 1. The zero-order valence-corrected chi connectivity index (χ0v) is 11.7. The van der Waals surface area contributed by atoms with Gasteiger partial charge in [-0.2, -0.15) is 0 Å². The highest BCUT2D eigenvalue weighted by atomic mass is 35.5. The van der Waals surface area contributed by atoms with Gasteiger partial charge in [0.25, 0.3) is 5.91 Å². The molecule has 1 amide bonds. The van der Waals surface area contributed by atoms with Gasteiger partial charge in [-0.1, -0.05) is 55.4 Å². The molecule has 1 fully saturated rings. The fourth-order valence-corrected chi connectivity index (χ4v) is 4.60. The predicted octanol–water partition coefficient (Wildman–Crippen LogP) is 3.48. The zero-order valence-electron chi connectivity index (χ0n) is 10.1. The molecular formula is C14H14ClNOS. The number of amides is 1. The summed E-state index contributed by atoms with van der Waals surface area (Å²) in [4.78, 5) is 16.1. The Bertz CT molecular complexity index is 516. The van der Waals surface area contributed by atoms with Crippen molar-refractivity contribution in [2.75, 3.05) is 0 Å². The Balaban J connectivity index is 1.94. The molecule has 1 aliphatic carbocycles. The quantitative estimate of drug-likeness (QED) is 0.776. The maximum absolute atomic E-state index is 12.0. The van der Waals surface area contributed by atoms with E-state index in [1.54, 1.807) is 11.8 Å². The van der Waals surface area contributed by atoms with Gasteiger partial charge in [-0.25, -0.2) is 4.99 Å². The molecule has 1 aromatic carbocycles. The molecule has 3 unspecified atom stereocenters. The summed E-state index contributed by atoms with van der Waals surface area (Å²) >= 11 is 7.96. The summed E-state index contributed by atoms with van der Waals surface area (Å²) in [6.07, 6.45) is 2.10. The summed E-state index contributed by atoms with van der Waals surface area (Å²) in [6, 6.07) is 9.87. The zero-order chi connectivity index (χ0) is 12.8. The maximum atomic E-state index is 12.0. The summed E-state index contributed by atoms with van der Waals surface area (Å²) in [7, 11) is 0. The Hall–Kier alpha value is -0.800. The third-order valence-corrected chi connectivity index (χ3v) is 6.10. The van der Waals surface area contributed by atoms with Crippen LogP contribution in [0.5, 0.6) is 0 Å². The van der Waals surface area contributed by atoms with Gasteiger partial charge < -0.3 is 0 Å². The highest BCUT2D eigenvalue weighted by Crippen LogP contribution is 2.62. The normalized spacial score (nSPS) is 34.6. The van der Waals surface area contributed by atoms with Crippen molar-refractivity contribution in [2.45, 2.75) is 29.9 Å². The average Bonchev–Trinajstić information content (AvgIpc) is 3.11. The summed E-state index contributed by atoms with van der Waals surface area (Å²) in [5.41, 5.74) is 1.01. The van der Waals surface area contributed by atoms with Gasteiger partial charge in [0.1, 0.15) is 10.4 Å². The maximum Gasteiger partial charge on any atom is 0.266 e. The van der Waals surface area contributed by atoms with Crippen LogP contribution in [0, 0.1) is 5.92 Å². The number of benzene rings is 1. The van der Waals surface area contributed by atoms with E-state index in [0.717, 1.165) is 23.4 Å². The van der Waals surface area contributed by atoms with Crippen LogP contribution >= 0.6 is 23.4 Å². The standard InChI is InChI=1S/C14H14ClNOS/c1-2-10-8-14(10)11(15)12(17)16-13(18-14)9-6-4-3-5-7-9/h3-7,10-11H,2,8H2,1H3. The van der Waals surface area contributed by atoms with E-state index in [1.807, 2.05) is 30.3 Å². The van der Waals surface area contributed by atoms with Crippen molar-refractivity contribution in [3.8, 4) is 0 Å². The van der Waals surface area contributed by atoms with E-state index in [2.05, 4.69) is 11.9 Å². The lowest BCUT2D eigenvalue weighted by Gasteiger charge is -2.25. The summed E-state index contributed by atoms with van der Waals surface area (Å²) in [6.45, 7) is 2.15. The van der Waals surface area contributed by atoms with Gasteiger partial charge in [0.15, 0.2) is 0 Å².